The molecule has 3 heterocycles. The van der Waals surface area contributed by atoms with Crippen LogP contribution in [0.5, 0.6) is 0 Å². The molecular weight excluding hydrogens is 465 g/mol. The van der Waals surface area contributed by atoms with E-state index < -0.39 is 21.6 Å². The molecule has 0 spiro atoms. The second-order valence-corrected chi connectivity index (χ2v) is 9.71. The van der Waals surface area contributed by atoms with Crippen LogP contribution in [-0.2, 0) is 27.8 Å². The number of aromatic nitrogens is 4. The summed E-state index contributed by atoms with van der Waals surface area (Å²) in [6, 6.07) is 10.3. The normalized spacial score (nSPS) is 15.2. The molecule has 5 rings (SSSR count). The summed E-state index contributed by atoms with van der Waals surface area (Å²) in [5.41, 5.74) is 1.72. The Morgan fingerprint density at radius 3 is 2.53 bits per heavy atom. The van der Waals surface area contributed by atoms with Crippen molar-refractivity contribution in [2.24, 2.45) is 0 Å². The Hall–Kier alpha value is -3.35. The number of ether oxygens (including phenoxy) is 1. The van der Waals surface area contributed by atoms with Crippen molar-refractivity contribution < 1.29 is 22.0 Å². The minimum Gasteiger partial charge on any atom is -0.388 e. The van der Waals surface area contributed by atoms with Gasteiger partial charge in [-0.1, -0.05) is 0 Å². The number of nitrogens with zero attached hydrogens (tertiary/aromatic N) is 5. The average Bonchev–Trinajstić information content (AvgIpc) is 3.39. The van der Waals surface area contributed by atoms with Crippen LogP contribution in [0.3, 0.4) is 0 Å². The molecule has 178 valence electrons. The first-order chi connectivity index (χ1) is 16.4. The molecule has 0 unspecified atom stereocenters. The van der Waals surface area contributed by atoms with Crippen LogP contribution in [-0.4, -0.2) is 58.4 Å². The third-order valence-corrected chi connectivity index (χ3v) is 7.61. The van der Waals surface area contributed by atoms with Gasteiger partial charge >= 0.3 is 5.76 Å². The molecule has 34 heavy (non-hydrogen) atoms. The van der Waals surface area contributed by atoms with E-state index in [2.05, 4.69) is 10.1 Å². The zero-order valence-electron chi connectivity index (χ0n) is 18.3. The number of aryl methyl sites for hydroxylation is 1. The van der Waals surface area contributed by atoms with Crippen molar-refractivity contribution in [3.8, 4) is 11.5 Å². The van der Waals surface area contributed by atoms with Gasteiger partial charge in [0.15, 0.2) is 0 Å². The zero-order valence-corrected chi connectivity index (χ0v) is 19.2. The standard InChI is InChI=1S/C22H22FN5O5S/c1-2-27-19-8-7-17(34(30,31)26-9-11-32-12-10-26)13-18(19)24-20(27)14-28-22(29)33-21(25-28)15-3-5-16(23)6-4-15/h3-8,13H,2,9-12,14H2,1H3. The quantitative estimate of drug-likeness (QED) is 0.409. The van der Waals surface area contributed by atoms with Crippen molar-refractivity contribution >= 4 is 21.1 Å². The van der Waals surface area contributed by atoms with E-state index >= 15 is 0 Å². The minimum atomic E-state index is -3.66. The summed E-state index contributed by atoms with van der Waals surface area (Å²) in [5, 5.41) is 4.22. The van der Waals surface area contributed by atoms with Crippen molar-refractivity contribution in [3.63, 3.8) is 0 Å². The molecule has 1 aliphatic heterocycles. The van der Waals surface area contributed by atoms with E-state index in [0.29, 0.717) is 49.8 Å². The van der Waals surface area contributed by atoms with E-state index in [1.165, 1.54) is 28.6 Å². The Labute approximate surface area is 194 Å². The van der Waals surface area contributed by atoms with E-state index in [1.54, 1.807) is 18.2 Å². The largest absolute Gasteiger partial charge is 0.437 e. The summed E-state index contributed by atoms with van der Waals surface area (Å²) < 4.78 is 54.2. The smallest absolute Gasteiger partial charge is 0.388 e. The molecule has 2 aromatic carbocycles. The van der Waals surface area contributed by atoms with E-state index in [0.717, 1.165) is 10.2 Å². The maximum atomic E-state index is 13.2. The first-order valence-corrected chi connectivity index (χ1v) is 12.2. The van der Waals surface area contributed by atoms with Crippen molar-refractivity contribution in [1.29, 1.82) is 0 Å². The van der Waals surface area contributed by atoms with Crippen LogP contribution in [0.2, 0.25) is 0 Å². The highest BCUT2D eigenvalue weighted by Gasteiger charge is 2.27. The second kappa shape index (κ2) is 8.78. The maximum absolute atomic E-state index is 13.2. The number of benzene rings is 2. The molecule has 1 aliphatic rings. The fourth-order valence-corrected chi connectivity index (χ4v) is 5.41. The third kappa shape index (κ3) is 4.04. The van der Waals surface area contributed by atoms with Crippen molar-refractivity contribution in [2.45, 2.75) is 24.9 Å². The van der Waals surface area contributed by atoms with Gasteiger partial charge in [-0.25, -0.2) is 22.6 Å². The van der Waals surface area contributed by atoms with Gasteiger partial charge in [0.2, 0.25) is 15.9 Å². The average molecular weight is 488 g/mol. The summed E-state index contributed by atoms with van der Waals surface area (Å²) in [4.78, 5) is 17.1. The molecule has 0 radical (unpaired) electrons. The summed E-state index contributed by atoms with van der Waals surface area (Å²) in [6.45, 7) is 3.85. The van der Waals surface area contributed by atoms with E-state index in [4.69, 9.17) is 9.15 Å². The molecule has 10 nitrogen and oxygen atoms in total. The number of sulfonamides is 1. The van der Waals surface area contributed by atoms with Crippen LogP contribution < -0.4 is 5.76 Å². The van der Waals surface area contributed by atoms with Crippen LogP contribution in [0, 0.1) is 5.82 Å². The van der Waals surface area contributed by atoms with Gasteiger partial charge in [0.25, 0.3) is 0 Å². The molecule has 0 N–H and O–H groups in total. The molecule has 2 aromatic heterocycles. The number of hydrogen-bond acceptors (Lipinski definition) is 7. The fraction of sp³-hybridized carbons (Fsp3) is 0.318. The Bertz CT molecular complexity index is 1500. The van der Waals surface area contributed by atoms with Gasteiger partial charge in [-0.2, -0.15) is 8.99 Å². The van der Waals surface area contributed by atoms with Crippen LogP contribution in [0.25, 0.3) is 22.5 Å². The van der Waals surface area contributed by atoms with Crippen LogP contribution >= 0.6 is 0 Å². The Morgan fingerprint density at radius 2 is 1.82 bits per heavy atom. The predicted octanol–water partition coefficient (Wildman–Crippen LogP) is 2.08. The SMILES string of the molecule is CCn1c(Cn2nc(-c3ccc(F)cc3)oc2=O)nc2cc(S(=O)(=O)N3CCOCC3)ccc21. The first kappa shape index (κ1) is 22.4. The fourth-order valence-electron chi connectivity index (χ4n) is 3.98. The van der Waals surface area contributed by atoms with Crippen LogP contribution in [0.4, 0.5) is 4.39 Å². The first-order valence-electron chi connectivity index (χ1n) is 10.8. The molecular formula is C22H22FN5O5S. The monoisotopic (exact) mass is 487 g/mol. The Morgan fingerprint density at radius 1 is 1.09 bits per heavy atom. The molecule has 12 heteroatoms. The number of morpholine rings is 1. The molecule has 0 bridgehead atoms. The van der Waals surface area contributed by atoms with Crippen molar-refractivity contribution in [1.82, 2.24) is 23.6 Å². The summed E-state index contributed by atoms with van der Waals surface area (Å²) in [7, 11) is -3.66. The molecule has 4 aromatic rings. The van der Waals surface area contributed by atoms with Crippen LogP contribution in [0.15, 0.2) is 56.6 Å². The lowest BCUT2D eigenvalue weighted by atomic mass is 10.2. The number of halogens is 1. The molecule has 0 aliphatic carbocycles. The number of hydrogen-bond donors (Lipinski definition) is 0. The summed E-state index contributed by atoms with van der Waals surface area (Å²) >= 11 is 0. The predicted molar refractivity (Wildman–Crippen MR) is 120 cm³/mol. The van der Waals surface area contributed by atoms with Gasteiger partial charge in [-0.3, -0.25) is 0 Å². The van der Waals surface area contributed by atoms with Gasteiger partial charge in [0.1, 0.15) is 18.2 Å². The number of imidazole rings is 1. The third-order valence-electron chi connectivity index (χ3n) is 5.71. The van der Waals surface area contributed by atoms with Gasteiger partial charge in [0, 0.05) is 25.2 Å². The highest BCUT2D eigenvalue weighted by Crippen LogP contribution is 2.24. The minimum absolute atomic E-state index is 0.0254. The van der Waals surface area contributed by atoms with E-state index in [-0.39, 0.29) is 17.3 Å². The van der Waals surface area contributed by atoms with Gasteiger partial charge in [0.05, 0.1) is 29.1 Å². The summed E-state index contributed by atoms with van der Waals surface area (Å²) in [6.07, 6.45) is 0. The topological polar surface area (TPSA) is 112 Å². The number of rotatable bonds is 6. The molecule has 0 atom stereocenters. The van der Waals surface area contributed by atoms with Crippen molar-refractivity contribution in [2.75, 3.05) is 26.3 Å². The lowest BCUT2D eigenvalue weighted by molar-refractivity contribution is 0.0730. The van der Waals surface area contributed by atoms with Gasteiger partial charge in [-0.15, -0.1) is 5.10 Å². The second-order valence-electron chi connectivity index (χ2n) is 7.78. The Kier molecular flexibility index (Phi) is 5.80. The molecule has 0 amide bonds. The number of fused-ring (bicyclic) bond motifs is 1. The molecule has 1 saturated heterocycles. The van der Waals surface area contributed by atoms with Crippen LogP contribution in [0.1, 0.15) is 12.7 Å². The highest BCUT2D eigenvalue weighted by atomic mass is 32.2. The lowest BCUT2D eigenvalue weighted by Gasteiger charge is -2.26. The van der Waals surface area contributed by atoms with E-state index in [1.807, 2.05) is 11.5 Å². The van der Waals surface area contributed by atoms with Crippen molar-refractivity contribution in [3.05, 3.63) is 64.7 Å². The molecule has 0 saturated carbocycles. The lowest BCUT2D eigenvalue weighted by Crippen LogP contribution is -2.40. The molecule has 1 fully saturated rings. The van der Waals surface area contributed by atoms with E-state index in [9.17, 15) is 17.6 Å². The highest BCUT2D eigenvalue weighted by molar-refractivity contribution is 7.89. The van der Waals surface area contributed by atoms with Gasteiger partial charge in [-0.05, 0) is 49.4 Å². The Balaban J connectivity index is 1.48. The summed E-state index contributed by atoms with van der Waals surface area (Å²) in [5.74, 6) is -0.482. The zero-order chi connectivity index (χ0) is 23.9. The van der Waals surface area contributed by atoms with Gasteiger partial charge < -0.3 is 13.7 Å². The maximum Gasteiger partial charge on any atom is 0.437 e.